The molecule has 0 heterocycles. The lowest BCUT2D eigenvalue weighted by Gasteiger charge is -2.24. The Morgan fingerprint density at radius 3 is 2.12 bits per heavy atom. The van der Waals surface area contributed by atoms with Crippen molar-refractivity contribution in [2.75, 3.05) is 0 Å². The fourth-order valence-electron chi connectivity index (χ4n) is 0.851. The first-order valence-corrected chi connectivity index (χ1v) is 5.67. The molecule has 0 fully saturated rings. The molecule has 1 atom stereocenters. The second kappa shape index (κ2) is 5.64. The molecule has 0 amide bonds. The molecular weight excluding hydrogens is 208 g/mol. The summed E-state index contributed by atoms with van der Waals surface area (Å²) in [5.74, 6) is -1.43. The third kappa shape index (κ3) is 6.80. The molecule has 0 aromatic rings. The van der Waals surface area contributed by atoms with Crippen LogP contribution in [0.15, 0.2) is 0 Å². The molecule has 0 aliphatic rings. The number of rotatable bonds is 5. The van der Waals surface area contributed by atoms with Crippen LogP contribution in [-0.4, -0.2) is 16.9 Å². The Kier molecular flexibility index (Phi) is 5.42. The highest BCUT2D eigenvalue weighted by Crippen LogP contribution is 2.21. The molecule has 0 radical (unpaired) electrons. The molecular formula is C12H24O4. The van der Waals surface area contributed by atoms with E-state index in [2.05, 4.69) is 18.7 Å². The van der Waals surface area contributed by atoms with Gasteiger partial charge in [0.2, 0.25) is 5.79 Å². The number of carbonyl (C=O) groups excluding carboxylic acids is 1. The molecule has 0 rings (SSSR count). The Bertz CT molecular complexity index is 226. The zero-order valence-corrected chi connectivity index (χ0v) is 11.2. The van der Waals surface area contributed by atoms with Crippen molar-refractivity contribution < 1.29 is 19.7 Å². The van der Waals surface area contributed by atoms with Gasteiger partial charge in [0.25, 0.3) is 0 Å². The Morgan fingerprint density at radius 1 is 1.25 bits per heavy atom. The Hall–Kier alpha value is -0.610. The van der Waals surface area contributed by atoms with Gasteiger partial charge in [-0.05, 0) is 40.0 Å². The summed E-state index contributed by atoms with van der Waals surface area (Å²) in [4.78, 5) is 20.8. The van der Waals surface area contributed by atoms with Crippen molar-refractivity contribution in [3.05, 3.63) is 0 Å². The maximum absolute atomic E-state index is 11.4. The lowest BCUT2D eigenvalue weighted by Crippen LogP contribution is -2.33. The van der Waals surface area contributed by atoms with E-state index in [1.807, 2.05) is 0 Å². The van der Waals surface area contributed by atoms with Gasteiger partial charge in [-0.25, -0.2) is 4.79 Å². The van der Waals surface area contributed by atoms with Gasteiger partial charge >= 0.3 is 5.97 Å². The largest absolute Gasteiger partial charge is 0.363 e. The van der Waals surface area contributed by atoms with Crippen molar-refractivity contribution in [2.45, 2.75) is 60.2 Å². The number of aliphatic hydroxyl groups is 1. The molecule has 4 heteroatoms. The molecule has 0 spiro atoms. The highest BCUT2D eigenvalue weighted by molar-refractivity contribution is 5.74. The first-order chi connectivity index (χ1) is 7.04. The van der Waals surface area contributed by atoms with Crippen LogP contribution >= 0.6 is 0 Å². The van der Waals surface area contributed by atoms with Gasteiger partial charge in [0.1, 0.15) is 0 Å². The monoisotopic (exact) mass is 232 g/mol. The lowest BCUT2D eigenvalue weighted by atomic mass is 9.98. The highest BCUT2D eigenvalue weighted by Gasteiger charge is 2.29. The second-order valence-corrected chi connectivity index (χ2v) is 5.81. The van der Waals surface area contributed by atoms with Gasteiger partial charge in [0.05, 0.1) is 5.41 Å². The lowest BCUT2D eigenvalue weighted by molar-refractivity contribution is -0.392. The number of hydrogen-bond acceptors (Lipinski definition) is 4. The molecule has 1 N–H and O–H groups in total. The summed E-state index contributed by atoms with van der Waals surface area (Å²) < 4.78 is 0. The van der Waals surface area contributed by atoms with E-state index in [1.165, 1.54) is 6.92 Å². The second-order valence-electron chi connectivity index (χ2n) is 5.81. The quantitative estimate of drug-likeness (QED) is 0.450. The number of carbonyl (C=O) groups is 1. The SMILES string of the molecule is CC(C)CCC(C)(O)OOC(=O)C(C)(C)C. The third-order valence-corrected chi connectivity index (χ3v) is 2.09. The topological polar surface area (TPSA) is 55.8 Å². The van der Waals surface area contributed by atoms with E-state index in [1.54, 1.807) is 20.8 Å². The molecule has 0 aromatic heterocycles. The molecule has 4 nitrogen and oxygen atoms in total. The summed E-state index contributed by atoms with van der Waals surface area (Å²) in [5.41, 5.74) is -0.631. The van der Waals surface area contributed by atoms with Crippen molar-refractivity contribution in [2.24, 2.45) is 11.3 Å². The highest BCUT2D eigenvalue weighted by atomic mass is 17.2. The Morgan fingerprint density at radius 2 is 1.75 bits per heavy atom. The van der Waals surface area contributed by atoms with Crippen LogP contribution in [-0.2, 0) is 14.6 Å². The van der Waals surface area contributed by atoms with Gasteiger partial charge in [-0.3, -0.25) is 4.89 Å². The Labute approximate surface area is 97.9 Å². The first-order valence-electron chi connectivity index (χ1n) is 5.67. The van der Waals surface area contributed by atoms with Crippen molar-refractivity contribution in [3.8, 4) is 0 Å². The fourth-order valence-corrected chi connectivity index (χ4v) is 0.851. The third-order valence-electron chi connectivity index (χ3n) is 2.09. The zero-order valence-electron chi connectivity index (χ0n) is 11.2. The smallest absolute Gasteiger partial charge is 0.347 e. The summed E-state index contributed by atoms with van der Waals surface area (Å²) in [6, 6.07) is 0. The molecule has 0 saturated heterocycles. The molecule has 1 unspecified atom stereocenters. The molecule has 0 bridgehead atoms. The van der Waals surface area contributed by atoms with Crippen molar-refractivity contribution in [1.29, 1.82) is 0 Å². The average molecular weight is 232 g/mol. The minimum Gasteiger partial charge on any atom is -0.363 e. The van der Waals surface area contributed by atoms with E-state index in [9.17, 15) is 9.90 Å². The van der Waals surface area contributed by atoms with Crippen LogP contribution in [0.5, 0.6) is 0 Å². The van der Waals surface area contributed by atoms with E-state index in [0.29, 0.717) is 12.3 Å². The number of hydrogen-bond donors (Lipinski definition) is 1. The minimum atomic E-state index is -1.41. The van der Waals surface area contributed by atoms with Crippen LogP contribution < -0.4 is 0 Å². The van der Waals surface area contributed by atoms with Gasteiger partial charge in [0, 0.05) is 6.42 Å². The average Bonchev–Trinajstić information content (AvgIpc) is 2.10. The van der Waals surface area contributed by atoms with E-state index in [4.69, 9.17) is 4.89 Å². The van der Waals surface area contributed by atoms with E-state index < -0.39 is 17.2 Å². The van der Waals surface area contributed by atoms with Crippen molar-refractivity contribution >= 4 is 5.97 Å². The van der Waals surface area contributed by atoms with Gasteiger partial charge in [-0.1, -0.05) is 13.8 Å². The summed E-state index contributed by atoms with van der Waals surface area (Å²) in [6.07, 6.45) is 1.24. The van der Waals surface area contributed by atoms with Crippen LogP contribution in [0.3, 0.4) is 0 Å². The van der Waals surface area contributed by atoms with Crippen LogP contribution in [0, 0.1) is 11.3 Å². The fraction of sp³-hybridized carbons (Fsp3) is 0.917. The van der Waals surface area contributed by atoms with Gasteiger partial charge in [0.15, 0.2) is 0 Å². The Balaban J connectivity index is 4.04. The molecule has 0 aromatic carbocycles. The van der Waals surface area contributed by atoms with Crippen molar-refractivity contribution in [1.82, 2.24) is 0 Å². The van der Waals surface area contributed by atoms with Gasteiger partial charge in [-0.15, -0.1) is 0 Å². The summed E-state index contributed by atoms with van der Waals surface area (Å²) >= 11 is 0. The zero-order chi connectivity index (χ0) is 13.0. The minimum absolute atomic E-state index is 0.433. The van der Waals surface area contributed by atoms with E-state index in [-0.39, 0.29) is 0 Å². The van der Waals surface area contributed by atoms with Crippen LogP contribution in [0.25, 0.3) is 0 Å². The molecule has 0 aliphatic carbocycles. The predicted octanol–water partition coefficient (Wildman–Crippen LogP) is 2.65. The standard InChI is InChI=1S/C12H24O4/c1-9(2)7-8-12(6,14)16-15-10(13)11(3,4)5/h9,14H,7-8H2,1-6H3. The molecule has 16 heavy (non-hydrogen) atoms. The normalized spacial score (nSPS) is 16.0. The van der Waals surface area contributed by atoms with Gasteiger partial charge < -0.3 is 5.11 Å². The maximum atomic E-state index is 11.4. The van der Waals surface area contributed by atoms with E-state index >= 15 is 0 Å². The molecule has 0 aliphatic heterocycles. The predicted molar refractivity (Wildman–Crippen MR) is 61.3 cm³/mol. The van der Waals surface area contributed by atoms with Crippen LogP contribution in [0.2, 0.25) is 0 Å². The van der Waals surface area contributed by atoms with Crippen LogP contribution in [0.1, 0.15) is 54.4 Å². The molecule has 96 valence electrons. The van der Waals surface area contributed by atoms with E-state index in [0.717, 1.165) is 6.42 Å². The summed E-state index contributed by atoms with van der Waals surface area (Å²) in [7, 11) is 0. The first kappa shape index (κ1) is 15.4. The maximum Gasteiger partial charge on any atom is 0.347 e. The van der Waals surface area contributed by atoms with Crippen molar-refractivity contribution in [3.63, 3.8) is 0 Å². The molecule has 0 saturated carbocycles. The summed E-state index contributed by atoms with van der Waals surface area (Å²) in [5, 5.41) is 9.78. The summed E-state index contributed by atoms with van der Waals surface area (Å²) in [6.45, 7) is 10.8. The van der Waals surface area contributed by atoms with Gasteiger partial charge in [-0.2, -0.15) is 4.89 Å². The van der Waals surface area contributed by atoms with Crippen LogP contribution in [0.4, 0.5) is 0 Å².